The Bertz CT molecular complexity index is 370. The molecular weight excluding hydrogens is 246 g/mol. The maximum Gasteiger partial charge on any atom is 0.417 e. The second kappa shape index (κ2) is 5.28. The summed E-state index contributed by atoms with van der Waals surface area (Å²) in [7, 11) is 0. The van der Waals surface area contributed by atoms with Gasteiger partial charge in [0, 0.05) is 13.1 Å². The van der Waals surface area contributed by atoms with E-state index < -0.39 is 11.7 Å². The first kappa shape index (κ1) is 14.0. The SMILES string of the molecule is CC(C)(C)OC(=O)N1C=C(O)NC1N1CCCCC1. The highest BCUT2D eigenvalue weighted by Gasteiger charge is 2.36. The van der Waals surface area contributed by atoms with E-state index in [1.165, 1.54) is 17.5 Å². The molecular formula is C13H23N3O3. The summed E-state index contributed by atoms with van der Waals surface area (Å²) in [6, 6.07) is 0. The molecule has 0 bridgehead atoms. The van der Waals surface area contributed by atoms with Crippen LogP contribution in [-0.2, 0) is 4.74 Å². The van der Waals surface area contributed by atoms with Gasteiger partial charge in [0.05, 0.1) is 6.20 Å². The number of aliphatic hydroxyl groups excluding tert-OH is 1. The summed E-state index contributed by atoms with van der Waals surface area (Å²) in [5.41, 5.74) is -0.546. The van der Waals surface area contributed by atoms with Gasteiger partial charge < -0.3 is 15.2 Å². The van der Waals surface area contributed by atoms with Crippen molar-refractivity contribution in [2.24, 2.45) is 0 Å². The topological polar surface area (TPSA) is 65.0 Å². The van der Waals surface area contributed by atoms with E-state index in [0.29, 0.717) is 0 Å². The highest BCUT2D eigenvalue weighted by atomic mass is 16.6. The van der Waals surface area contributed by atoms with Crippen LogP contribution in [0, 0.1) is 0 Å². The lowest BCUT2D eigenvalue weighted by molar-refractivity contribution is -0.000863. The Kier molecular flexibility index (Phi) is 3.89. The molecule has 0 spiro atoms. The molecule has 0 aromatic rings. The summed E-state index contributed by atoms with van der Waals surface area (Å²) < 4.78 is 5.36. The van der Waals surface area contributed by atoms with Crippen LogP contribution in [0.4, 0.5) is 4.79 Å². The van der Waals surface area contributed by atoms with Crippen molar-refractivity contribution in [3.8, 4) is 0 Å². The van der Waals surface area contributed by atoms with Crippen LogP contribution in [0.25, 0.3) is 0 Å². The molecule has 2 rings (SSSR count). The first-order valence-corrected chi connectivity index (χ1v) is 6.79. The van der Waals surface area contributed by atoms with Crippen molar-refractivity contribution >= 4 is 6.09 Å². The molecule has 2 aliphatic rings. The number of hydrogen-bond donors (Lipinski definition) is 2. The summed E-state index contributed by atoms with van der Waals surface area (Å²) >= 11 is 0. The highest BCUT2D eigenvalue weighted by molar-refractivity contribution is 5.70. The van der Waals surface area contributed by atoms with E-state index in [4.69, 9.17) is 4.74 Å². The molecule has 1 fully saturated rings. The third-order valence-electron chi connectivity index (χ3n) is 3.14. The quantitative estimate of drug-likeness (QED) is 0.761. The van der Waals surface area contributed by atoms with Gasteiger partial charge in [-0.05, 0) is 33.6 Å². The Labute approximate surface area is 114 Å². The van der Waals surface area contributed by atoms with Crippen LogP contribution >= 0.6 is 0 Å². The van der Waals surface area contributed by atoms with Crippen LogP contribution in [0.2, 0.25) is 0 Å². The van der Waals surface area contributed by atoms with E-state index >= 15 is 0 Å². The Morgan fingerprint density at radius 1 is 1.37 bits per heavy atom. The summed E-state index contributed by atoms with van der Waals surface area (Å²) in [6.45, 7) is 7.31. The second-order valence-electron chi connectivity index (χ2n) is 6.02. The molecule has 1 atom stereocenters. The van der Waals surface area contributed by atoms with E-state index in [-0.39, 0.29) is 12.2 Å². The standard InChI is InChI=1S/C13H23N3O3/c1-13(2,3)19-12(18)16-9-10(17)14-11(16)15-7-5-4-6-8-15/h9,11,14,17H,4-8H2,1-3H3. The Hall–Kier alpha value is -1.43. The fraction of sp³-hybridized carbons (Fsp3) is 0.769. The predicted molar refractivity (Wildman–Crippen MR) is 71.1 cm³/mol. The number of carbonyl (C=O) groups excluding carboxylic acids is 1. The zero-order chi connectivity index (χ0) is 14.0. The number of amides is 1. The average Bonchev–Trinajstić information content (AvgIpc) is 2.70. The van der Waals surface area contributed by atoms with E-state index in [9.17, 15) is 9.90 Å². The zero-order valence-electron chi connectivity index (χ0n) is 11.8. The first-order valence-electron chi connectivity index (χ1n) is 6.79. The smallest absolute Gasteiger partial charge is 0.417 e. The Balaban J connectivity index is 2.05. The number of likely N-dealkylation sites (tertiary alicyclic amines) is 1. The minimum atomic E-state index is -0.546. The summed E-state index contributed by atoms with van der Waals surface area (Å²) in [5.74, 6) is 0.00133. The van der Waals surface area contributed by atoms with Gasteiger partial charge in [0.15, 0.2) is 6.29 Å². The molecule has 2 heterocycles. The predicted octanol–water partition coefficient (Wildman–Crippen LogP) is 1.95. The number of nitrogens with zero attached hydrogens (tertiary/aromatic N) is 2. The average molecular weight is 269 g/mol. The van der Waals surface area contributed by atoms with Gasteiger partial charge in [0.25, 0.3) is 0 Å². The number of rotatable bonds is 1. The van der Waals surface area contributed by atoms with Crippen LogP contribution in [-0.4, -0.2) is 46.0 Å². The summed E-state index contributed by atoms with van der Waals surface area (Å²) in [4.78, 5) is 15.7. The van der Waals surface area contributed by atoms with Crippen molar-refractivity contribution < 1.29 is 14.6 Å². The van der Waals surface area contributed by atoms with Gasteiger partial charge in [0.2, 0.25) is 5.88 Å². The molecule has 1 saturated heterocycles. The lowest BCUT2D eigenvalue weighted by Gasteiger charge is -2.37. The number of carbonyl (C=O) groups is 1. The largest absolute Gasteiger partial charge is 0.494 e. The van der Waals surface area contributed by atoms with Crippen LogP contribution in [0.3, 0.4) is 0 Å². The van der Waals surface area contributed by atoms with Gasteiger partial charge in [-0.2, -0.15) is 0 Å². The lowest BCUT2D eigenvalue weighted by Crippen LogP contribution is -2.54. The fourth-order valence-electron chi connectivity index (χ4n) is 2.34. The van der Waals surface area contributed by atoms with Gasteiger partial charge in [-0.3, -0.25) is 4.90 Å². The molecule has 19 heavy (non-hydrogen) atoms. The third-order valence-corrected chi connectivity index (χ3v) is 3.14. The van der Waals surface area contributed by atoms with Crippen LogP contribution < -0.4 is 5.32 Å². The molecule has 6 nitrogen and oxygen atoms in total. The molecule has 0 aromatic heterocycles. The van der Waals surface area contributed by atoms with Gasteiger partial charge in [-0.15, -0.1) is 0 Å². The van der Waals surface area contributed by atoms with E-state index in [0.717, 1.165) is 25.9 Å². The number of hydrogen-bond acceptors (Lipinski definition) is 5. The molecule has 1 amide bonds. The molecule has 6 heteroatoms. The van der Waals surface area contributed by atoms with Crippen molar-refractivity contribution in [1.29, 1.82) is 0 Å². The van der Waals surface area contributed by atoms with Crippen molar-refractivity contribution in [2.75, 3.05) is 13.1 Å². The highest BCUT2D eigenvalue weighted by Crippen LogP contribution is 2.21. The van der Waals surface area contributed by atoms with Crippen molar-refractivity contribution in [3.05, 3.63) is 12.1 Å². The molecule has 0 aromatic carbocycles. The van der Waals surface area contributed by atoms with Gasteiger partial charge >= 0.3 is 6.09 Å². The Morgan fingerprint density at radius 2 is 2.00 bits per heavy atom. The monoisotopic (exact) mass is 269 g/mol. The van der Waals surface area contributed by atoms with Gasteiger partial charge in [-0.1, -0.05) is 6.42 Å². The molecule has 0 saturated carbocycles. The maximum absolute atomic E-state index is 12.1. The lowest BCUT2D eigenvalue weighted by atomic mass is 10.1. The number of ether oxygens (including phenoxy) is 1. The zero-order valence-corrected chi connectivity index (χ0v) is 11.8. The minimum absolute atomic E-state index is 0.00133. The molecule has 1 unspecified atom stereocenters. The minimum Gasteiger partial charge on any atom is -0.494 e. The van der Waals surface area contributed by atoms with E-state index in [1.807, 2.05) is 20.8 Å². The molecule has 0 aliphatic carbocycles. The van der Waals surface area contributed by atoms with Crippen molar-refractivity contribution in [3.63, 3.8) is 0 Å². The normalized spacial score (nSPS) is 24.9. The fourth-order valence-corrected chi connectivity index (χ4v) is 2.34. The van der Waals surface area contributed by atoms with Gasteiger partial charge in [0.1, 0.15) is 5.60 Å². The molecule has 108 valence electrons. The van der Waals surface area contributed by atoms with Crippen LogP contribution in [0.15, 0.2) is 12.1 Å². The molecule has 0 radical (unpaired) electrons. The Morgan fingerprint density at radius 3 is 2.58 bits per heavy atom. The van der Waals surface area contributed by atoms with Gasteiger partial charge in [-0.25, -0.2) is 9.69 Å². The van der Waals surface area contributed by atoms with Crippen LogP contribution in [0.1, 0.15) is 40.0 Å². The van der Waals surface area contributed by atoms with E-state index in [1.54, 1.807) is 0 Å². The molecule has 2 N–H and O–H groups in total. The van der Waals surface area contributed by atoms with Crippen molar-refractivity contribution in [2.45, 2.75) is 51.9 Å². The number of aliphatic hydroxyl groups is 1. The van der Waals surface area contributed by atoms with Crippen molar-refractivity contribution in [1.82, 2.24) is 15.1 Å². The second-order valence-corrected chi connectivity index (χ2v) is 6.02. The number of nitrogens with one attached hydrogen (secondary N) is 1. The van der Waals surface area contributed by atoms with Crippen LogP contribution in [0.5, 0.6) is 0 Å². The maximum atomic E-state index is 12.1. The summed E-state index contributed by atoms with van der Waals surface area (Å²) in [6.07, 6.45) is 4.06. The summed E-state index contributed by atoms with van der Waals surface area (Å²) in [5, 5.41) is 12.5. The third kappa shape index (κ3) is 3.53. The van der Waals surface area contributed by atoms with E-state index in [2.05, 4.69) is 10.2 Å². The first-order chi connectivity index (χ1) is 8.87. The number of piperidine rings is 1. The molecule has 2 aliphatic heterocycles.